The second-order valence-electron chi connectivity index (χ2n) is 3.74. The molecule has 0 atom stereocenters. The summed E-state index contributed by atoms with van der Waals surface area (Å²) in [5, 5.41) is 2.82. The van der Waals surface area contributed by atoms with E-state index in [4.69, 9.17) is 10.5 Å². The third kappa shape index (κ3) is 2.84. The Hall–Kier alpha value is -1.81. The van der Waals surface area contributed by atoms with E-state index in [1.54, 1.807) is 18.2 Å². The molecule has 3 N–H and O–H groups in total. The van der Waals surface area contributed by atoms with Gasteiger partial charge in [0.1, 0.15) is 0 Å². The van der Waals surface area contributed by atoms with Crippen molar-refractivity contribution in [2.45, 2.75) is 6.04 Å². The Bertz CT molecular complexity index is 394. The SMILES string of the molecule is Nc1ccc(/C=C/C(=O)NC2COC2)cc1. The lowest BCUT2D eigenvalue weighted by Gasteiger charge is -2.26. The number of carbonyl (C=O) groups is 1. The summed E-state index contributed by atoms with van der Waals surface area (Å²) in [5.74, 6) is -0.0925. The Morgan fingerprint density at radius 2 is 2.06 bits per heavy atom. The maximum absolute atomic E-state index is 11.4. The molecular formula is C12H14N2O2. The van der Waals surface area contributed by atoms with Gasteiger partial charge in [-0.15, -0.1) is 0 Å². The summed E-state index contributed by atoms with van der Waals surface area (Å²) < 4.78 is 4.96. The minimum Gasteiger partial charge on any atom is -0.399 e. The fraction of sp³-hybridized carbons (Fsp3) is 0.250. The van der Waals surface area contributed by atoms with Gasteiger partial charge in [0, 0.05) is 11.8 Å². The van der Waals surface area contributed by atoms with E-state index >= 15 is 0 Å². The summed E-state index contributed by atoms with van der Waals surface area (Å²) in [7, 11) is 0. The van der Waals surface area contributed by atoms with Crippen LogP contribution in [-0.2, 0) is 9.53 Å². The van der Waals surface area contributed by atoms with E-state index in [-0.39, 0.29) is 11.9 Å². The van der Waals surface area contributed by atoms with Crippen molar-refractivity contribution >= 4 is 17.7 Å². The number of benzene rings is 1. The Morgan fingerprint density at radius 1 is 1.38 bits per heavy atom. The zero-order chi connectivity index (χ0) is 11.4. The smallest absolute Gasteiger partial charge is 0.244 e. The van der Waals surface area contributed by atoms with E-state index in [1.165, 1.54) is 6.08 Å². The van der Waals surface area contributed by atoms with Crippen molar-refractivity contribution < 1.29 is 9.53 Å². The number of anilines is 1. The monoisotopic (exact) mass is 218 g/mol. The fourth-order valence-electron chi connectivity index (χ4n) is 1.35. The molecular weight excluding hydrogens is 204 g/mol. The zero-order valence-corrected chi connectivity index (χ0v) is 8.85. The van der Waals surface area contributed by atoms with Gasteiger partial charge in [-0.2, -0.15) is 0 Å². The van der Waals surface area contributed by atoms with Crippen molar-refractivity contribution in [3.8, 4) is 0 Å². The number of nitrogens with one attached hydrogen (secondary N) is 1. The maximum Gasteiger partial charge on any atom is 0.244 e. The molecule has 1 aliphatic rings. The number of nitrogens with two attached hydrogens (primary N) is 1. The molecule has 16 heavy (non-hydrogen) atoms. The van der Waals surface area contributed by atoms with Gasteiger partial charge in [0.05, 0.1) is 19.3 Å². The van der Waals surface area contributed by atoms with Crippen LogP contribution in [0.1, 0.15) is 5.56 Å². The molecule has 1 aromatic rings. The van der Waals surface area contributed by atoms with E-state index in [1.807, 2.05) is 12.1 Å². The molecule has 1 aliphatic heterocycles. The molecule has 4 nitrogen and oxygen atoms in total. The molecule has 0 aliphatic carbocycles. The predicted molar refractivity (Wildman–Crippen MR) is 62.6 cm³/mol. The number of nitrogen functional groups attached to an aromatic ring is 1. The van der Waals surface area contributed by atoms with Crippen molar-refractivity contribution in [2.24, 2.45) is 0 Å². The molecule has 1 amide bonds. The molecule has 1 saturated heterocycles. The van der Waals surface area contributed by atoms with Crippen LogP contribution < -0.4 is 11.1 Å². The number of hydrogen-bond donors (Lipinski definition) is 2. The highest BCUT2D eigenvalue weighted by Crippen LogP contribution is 2.07. The second-order valence-corrected chi connectivity index (χ2v) is 3.74. The van der Waals surface area contributed by atoms with Crippen LogP contribution in [0.3, 0.4) is 0 Å². The van der Waals surface area contributed by atoms with Crippen molar-refractivity contribution in [1.29, 1.82) is 0 Å². The predicted octanol–water partition coefficient (Wildman–Crippen LogP) is 0.797. The number of hydrogen-bond acceptors (Lipinski definition) is 3. The molecule has 0 radical (unpaired) electrons. The van der Waals surface area contributed by atoms with Gasteiger partial charge in [0.15, 0.2) is 0 Å². The van der Waals surface area contributed by atoms with Gasteiger partial charge < -0.3 is 15.8 Å². The van der Waals surface area contributed by atoms with Gasteiger partial charge in [0.2, 0.25) is 5.91 Å². The first-order valence-electron chi connectivity index (χ1n) is 5.16. The topological polar surface area (TPSA) is 64.4 Å². The third-order valence-electron chi connectivity index (χ3n) is 2.35. The van der Waals surface area contributed by atoms with Crippen LogP contribution in [0.5, 0.6) is 0 Å². The van der Waals surface area contributed by atoms with Crippen molar-refractivity contribution in [2.75, 3.05) is 18.9 Å². The molecule has 4 heteroatoms. The fourth-order valence-corrected chi connectivity index (χ4v) is 1.35. The number of rotatable bonds is 3. The minimum atomic E-state index is -0.0925. The Labute approximate surface area is 94.1 Å². The first-order chi connectivity index (χ1) is 7.74. The summed E-state index contributed by atoms with van der Waals surface area (Å²) in [4.78, 5) is 11.4. The normalized spacial score (nSPS) is 16.0. The van der Waals surface area contributed by atoms with E-state index in [0.29, 0.717) is 18.9 Å². The van der Waals surface area contributed by atoms with Crippen LogP contribution in [0.4, 0.5) is 5.69 Å². The lowest BCUT2D eigenvalue weighted by atomic mass is 10.2. The van der Waals surface area contributed by atoms with E-state index in [0.717, 1.165) is 5.56 Å². The van der Waals surface area contributed by atoms with Gasteiger partial charge >= 0.3 is 0 Å². The molecule has 0 bridgehead atoms. The summed E-state index contributed by atoms with van der Waals surface area (Å²) in [6.07, 6.45) is 3.28. The summed E-state index contributed by atoms with van der Waals surface area (Å²) in [6.45, 7) is 1.23. The second kappa shape index (κ2) is 4.81. The summed E-state index contributed by atoms with van der Waals surface area (Å²) in [5.41, 5.74) is 7.23. The van der Waals surface area contributed by atoms with Gasteiger partial charge in [-0.3, -0.25) is 4.79 Å². The Balaban J connectivity index is 1.87. The van der Waals surface area contributed by atoms with Gasteiger partial charge in [-0.05, 0) is 23.8 Å². The highest BCUT2D eigenvalue weighted by molar-refractivity contribution is 5.92. The minimum absolute atomic E-state index is 0.0925. The molecule has 0 unspecified atom stereocenters. The lowest BCUT2D eigenvalue weighted by molar-refractivity contribution is -0.120. The molecule has 84 valence electrons. The van der Waals surface area contributed by atoms with Crippen molar-refractivity contribution in [3.05, 3.63) is 35.9 Å². The van der Waals surface area contributed by atoms with Gasteiger partial charge in [-0.25, -0.2) is 0 Å². The van der Waals surface area contributed by atoms with E-state index in [9.17, 15) is 4.79 Å². The average molecular weight is 218 g/mol. The van der Waals surface area contributed by atoms with Gasteiger partial charge in [0.25, 0.3) is 0 Å². The van der Waals surface area contributed by atoms with Crippen LogP contribution in [0.2, 0.25) is 0 Å². The van der Waals surface area contributed by atoms with Crippen LogP contribution in [-0.4, -0.2) is 25.2 Å². The largest absolute Gasteiger partial charge is 0.399 e. The highest BCUT2D eigenvalue weighted by Gasteiger charge is 2.18. The average Bonchev–Trinajstić information content (AvgIpc) is 2.23. The molecule has 0 spiro atoms. The van der Waals surface area contributed by atoms with Crippen LogP contribution >= 0.6 is 0 Å². The number of ether oxygens (including phenoxy) is 1. The quantitative estimate of drug-likeness (QED) is 0.582. The van der Waals surface area contributed by atoms with Crippen LogP contribution in [0.15, 0.2) is 30.3 Å². The van der Waals surface area contributed by atoms with Crippen molar-refractivity contribution in [1.82, 2.24) is 5.32 Å². The maximum atomic E-state index is 11.4. The molecule has 1 aromatic carbocycles. The Kier molecular flexibility index (Phi) is 3.22. The molecule has 0 saturated carbocycles. The molecule has 2 rings (SSSR count). The highest BCUT2D eigenvalue weighted by atomic mass is 16.5. The zero-order valence-electron chi connectivity index (χ0n) is 8.85. The third-order valence-corrected chi connectivity index (χ3v) is 2.35. The molecule has 0 aromatic heterocycles. The Morgan fingerprint density at radius 3 is 2.62 bits per heavy atom. The van der Waals surface area contributed by atoms with Gasteiger partial charge in [-0.1, -0.05) is 12.1 Å². The first kappa shape index (κ1) is 10.7. The van der Waals surface area contributed by atoms with Crippen LogP contribution in [0.25, 0.3) is 6.08 Å². The van der Waals surface area contributed by atoms with E-state index < -0.39 is 0 Å². The first-order valence-corrected chi connectivity index (χ1v) is 5.16. The lowest BCUT2D eigenvalue weighted by Crippen LogP contribution is -2.48. The summed E-state index contributed by atoms with van der Waals surface area (Å²) in [6, 6.07) is 7.51. The van der Waals surface area contributed by atoms with Crippen LogP contribution in [0, 0.1) is 0 Å². The number of amides is 1. The molecule has 1 fully saturated rings. The number of carbonyl (C=O) groups excluding carboxylic acids is 1. The standard InChI is InChI=1S/C12H14N2O2/c13-10-4-1-9(2-5-10)3-6-12(15)14-11-7-16-8-11/h1-6,11H,7-8,13H2,(H,14,15)/b6-3+. The molecule has 1 heterocycles. The van der Waals surface area contributed by atoms with E-state index in [2.05, 4.69) is 5.32 Å². The van der Waals surface area contributed by atoms with Crippen molar-refractivity contribution in [3.63, 3.8) is 0 Å². The summed E-state index contributed by atoms with van der Waals surface area (Å²) >= 11 is 0.